The van der Waals surface area contributed by atoms with Gasteiger partial charge >= 0.3 is 0 Å². The van der Waals surface area contributed by atoms with Crippen LogP contribution in [0.1, 0.15) is 35.7 Å². The van der Waals surface area contributed by atoms with Crippen molar-refractivity contribution in [3.05, 3.63) is 65.5 Å². The molecule has 0 aromatic heterocycles. The van der Waals surface area contributed by atoms with Gasteiger partial charge in [-0.3, -0.25) is 9.59 Å². The van der Waals surface area contributed by atoms with E-state index in [0.29, 0.717) is 30.8 Å². The molecule has 1 aliphatic heterocycles. The van der Waals surface area contributed by atoms with Gasteiger partial charge in [-0.25, -0.2) is 4.39 Å². The number of hydrogen-bond acceptors (Lipinski definition) is 2. The van der Waals surface area contributed by atoms with Crippen molar-refractivity contribution in [2.45, 2.75) is 26.3 Å². The third-order valence-corrected chi connectivity index (χ3v) is 4.42. The number of amides is 2. The van der Waals surface area contributed by atoms with E-state index in [4.69, 9.17) is 0 Å². The van der Waals surface area contributed by atoms with E-state index in [1.165, 1.54) is 12.1 Å². The average molecular weight is 340 g/mol. The Hall–Kier alpha value is -2.69. The Balaban J connectivity index is 1.79. The lowest BCUT2D eigenvalue weighted by molar-refractivity contribution is -0.128. The van der Waals surface area contributed by atoms with E-state index in [2.05, 4.69) is 0 Å². The fraction of sp³-hybridized carbons (Fsp3) is 0.300. The first-order chi connectivity index (χ1) is 12.1. The van der Waals surface area contributed by atoms with Gasteiger partial charge in [-0.05, 0) is 55.3 Å². The van der Waals surface area contributed by atoms with E-state index >= 15 is 0 Å². The third-order valence-electron chi connectivity index (χ3n) is 4.42. The second-order valence-electron chi connectivity index (χ2n) is 6.15. The maximum atomic E-state index is 13.1. The SMILES string of the molecule is CCN(C(=O)c1cccc(CN2CCCC2=O)c1)c1ccc(F)cc1. The van der Waals surface area contributed by atoms with Crippen LogP contribution >= 0.6 is 0 Å². The molecule has 1 saturated heterocycles. The lowest BCUT2D eigenvalue weighted by Crippen LogP contribution is -2.31. The molecule has 0 N–H and O–H groups in total. The highest BCUT2D eigenvalue weighted by Crippen LogP contribution is 2.20. The molecule has 5 heteroatoms. The first-order valence-corrected chi connectivity index (χ1v) is 8.52. The Kier molecular flexibility index (Phi) is 5.12. The van der Waals surface area contributed by atoms with E-state index in [0.717, 1.165) is 18.5 Å². The van der Waals surface area contributed by atoms with Crippen LogP contribution in [0.4, 0.5) is 10.1 Å². The summed E-state index contributed by atoms with van der Waals surface area (Å²) in [6.45, 7) is 3.67. The molecule has 2 aromatic carbocycles. The van der Waals surface area contributed by atoms with Gasteiger partial charge in [-0.1, -0.05) is 12.1 Å². The van der Waals surface area contributed by atoms with Gasteiger partial charge in [-0.2, -0.15) is 0 Å². The molecule has 2 amide bonds. The van der Waals surface area contributed by atoms with Crippen LogP contribution < -0.4 is 4.90 Å². The molecule has 4 nitrogen and oxygen atoms in total. The molecule has 130 valence electrons. The first kappa shape index (κ1) is 17.1. The number of halogens is 1. The van der Waals surface area contributed by atoms with Gasteiger partial charge < -0.3 is 9.80 Å². The highest BCUT2D eigenvalue weighted by molar-refractivity contribution is 6.06. The number of anilines is 1. The quantitative estimate of drug-likeness (QED) is 0.834. The van der Waals surface area contributed by atoms with Crippen molar-refractivity contribution in [3.8, 4) is 0 Å². The largest absolute Gasteiger partial charge is 0.338 e. The summed E-state index contributed by atoms with van der Waals surface area (Å²) in [7, 11) is 0. The molecule has 0 radical (unpaired) electrons. The Morgan fingerprint density at radius 2 is 1.96 bits per heavy atom. The van der Waals surface area contributed by atoms with Gasteiger partial charge in [0.15, 0.2) is 0 Å². The molecule has 0 spiro atoms. The Labute approximate surface area is 146 Å². The average Bonchev–Trinajstić information content (AvgIpc) is 3.02. The van der Waals surface area contributed by atoms with Crippen LogP contribution in [-0.4, -0.2) is 29.8 Å². The Morgan fingerprint density at radius 1 is 1.20 bits per heavy atom. The summed E-state index contributed by atoms with van der Waals surface area (Å²) >= 11 is 0. The summed E-state index contributed by atoms with van der Waals surface area (Å²) in [5.74, 6) is -0.300. The van der Waals surface area contributed by atoms with Crippen LogP contribution in [0.3, 0.4) is 0 Å². The zero-order valence-electron chi connectivity index (χ0n) is 14.2. The van der Waals surface area contributed by atoms with Crippen LogP contribution in [0, 0.1) is 5.82 Å². The second kappa shape index (κ2) is 7.47. The fourth-order valence-corrected chi connectivity index (χ4v) is 3.11. The summed E-state index contributed by atoms with van der Waals surface area (Å²) in [5, 5.41) is 0. The highest BCUT2D eigenvalue weighted by atomic mass is 19.1. The normalized spacial score (nSPS) is 14.0. The highest BCUT2D eigenvalue weighted by Gasteiger charge is 2.21. The Morgan fingerprint density at radius 3 is 2.60 bits per heavy atom. The molecule has 1 fully saturated rings. The van der Waals surface area contributed by atoms with Crippen LogP contribution in [0.15, 0.2) is 48.5 Å². The van der Waals surface area contributed by atoms with Crippen molar-refractivity contribution in [2.24, 2.45) is 0 Å². The van der Waals surface area contributed by atoms with Crippen molar-refractivity contribution in [1.82, 2.24) is 4.90 Å². The zero-order chi connectivity index (χ0) is 17.8. The molecule has 25 heavy (non-hydrogen) atoms. The first-order valence-electron chi connectivity index (χ1n) is 8.52. The van der Waals surface area contributed by atoms with Crippen LogP contribution in [0.25, 0.3) is 0 Å². The van der Waals surface area contributed by atoms with Gasteiger partial charge in [-0.15, -0.1) is 0 Å². The molecular weight excluding hydrogens is 319 g/mol. The smallest absolute Gasteiger partial charge is 0.258 e. The monoisotopic (exact) mass is 340 g/mol. The number of benzene rings is 2. The lowest BCUT2D eigenvalue weighted by Gasteiger charge is -2.22. The summed E-state index contributed by atoms with van der Waals surface area (Å²) < 4.78 is 13.1. The van der Waals surface area contributed by atoms with Gasteiger partial charge in [0, 0.05) is 37.3 Å². The van der Waals surface area contributed by atoms with E-state index in [-0.39, 0.29) is 17.6 Å². The van der Waals surface area contributed by atoms with Crippen molar-refractivity contribution in [2.75, 3.05) is 18.0 Å². The van der Waals surface area contributed by atoms with Gasteiger partial charge in [0.1, 0.15) is 5.82 Å². The minimum absolute atomic E-state index is 0.135. The summed E-state index contributed by atoms with van der Waals surface area (Å²) in [6.07, 6.45) is 1.50. The summed E-state index contributed by atoms with van der Waals surface area (Å²) in [6, 6.07) is 13.3. The lowest BCUT2D eigenvalue weighted by atomic mass is 10.1. The van der Waals surface area contributed by atoms with Gasteiger partial charge in [0.2, 0.25) is 5.91 Å². The molecule has 2 aromatic rings. The Bertz CT molecular complexity index is 774. The standard InChI is InChI=1S/C20H21FN2O2/c1-2-23(18-10-8-17(21)9-11-18)20(25)16-6-3-5-15(13-16)14-22-12-4-7-19(22)24/h3,5-6,8-11,13H,2,4,7,12,14H2,1H3. The number of hydrogen-bond donors (Lipinski definition) is 0. The van der Waals surface area contributed by atoms with Crippen molar-refractivity contribution < 1.29 is 14.0 Å². The molecule has 1 aliphatic rings. The number of likely N-dealkylation sites (tertiary alicyclic amines) is 1. The molecule has 1 heterocycles. The predicted molar refractivity (Wildman–Crippen MR) is 94.8 cm³/mol. The fourth-order valence-electron chi connectivity index (χ4n) is 3.11. The van der Waals surface area contributed by atoms with Crippen LogP contribution in [-0.2, 0) is 11.3 Å². The molecule has 0 atom stereocenters. The zero-order valence-corrected chi connectivity index (χ0v) is 14.2. The molecule has 3 rings (SSSR count). The minimum atomic E-state index is -0.329. The second-order valence-corrected chi connectivity index (χ2v) is 6.15. The molecule has 0 bridgehead atoms. The number of rotatable bonds is 5. The van der Waals surface area contributed by atoms with Crippen LogP contribution in [0.5, 0.6) is 0 Å². The van der Waals surface area contributed by atoms with E-state index in [1.54, 1.807) is 23.1 Å². The summed E-state index contributed by atoms with van der Waals surface area (Å²) in [4.78, 5) is 28.1. The molecule has 0 aliphatic carbocycles. The maximum Gasteiger partial charge on any atom is 0.258 e. The van der Waals surface area contributed by atoms with Gasteiger partial charge in [0.25, 0.3) is 5.91 Å². The van der Waals surface area contributed by atoms with Crippen molar-refractivity contribution >= 4 is 17.5 Å². The molecule has 0 saturated carbocycles. The predicted octanol–water partition coefficient (Wildman–Crippen LogP) is 3.61. The van der Waals surface area contributed by atoms with Crippen molar-refractivity contribution in [1.29, 1.82) is 0 Å². The maximum absolute atomic E-state index is 13.1. The summed E-state index contributed by atoms with van der Waals surface area (Å²) in [5.41, 5.74) is 2.17. The molecule has 0 unspecified atom stereocenters. The van der Waals surface area contributed by atoms with E-state index in [1.807, 2.05) is 30.0 Å². The van der Waals surface area contributed by atoms with Gasteiger partial charge in [0.05, 0.1) is 0 Å². The minimum Gasteiger partial charge on any atom is -0.338 e. The van der Waals surface area contributed by atoms with Crippen LogP contribution in [0.2, 0.25) is 0 Å². The third kappa shape index (κ3) is 3.87. The number of carbonyl (C=O) groups is 2. The van der Waals surface area contributed by atoms with E-state index in [9.17, 15) is 14.0 Å². The number of nitrogens with zero attached hydrogens (tertiary/aromatic N) is 2. The van der Waals surface area contributed by atoms with Crippen molar-refractivity contribution in [3.63, 3.8) is 0 Å². The molecular formula is C20H21FN2O2. The number of carbonyl (C=O) groups excluding carboxylic acids is 2. The topological polar surface area (TPSA) is 40.6 Å². The van der Waals surface area contributed by atoms with E-state index < -0.39 is 0 Å².